The third-order valence-electron chi connectivity index (χ3n) is 2.48. The van der Waals surface area contributed by atoms with Crippen molar-refractivity contribution in [2.45, 2.75) is 25.8 Å². The van der Waals surface area contributed by atoms with Crippen molar-refractivity contribution in [3.8, 4) is 0 Å². The Labute approximate surface area is 103 Å². The van der Waals surface area contributed by atoms with E-state index in [0.29, 0.717) is 6.42 Å². The predicted octanol–water partition coefficient (Wildman–Crippen LogP) is -1.09. The molecule has 1 saturated heterocycles. The summed E-state index contributed by atoms with van der Waals surface area (Å²) in [5, 5.41) is 13.2. The second kappa shape index (κ2) is 5.99. The van der Waals surface area contributed by atoms with Gasteiger partial charge in [-0.2, -0.15) is 0 Å². The van der Waals surface area contributed by atoms with E-state index in [1.165, 1.54) is 0 Å². The van der Waals surface area contributed by atoms with E-state index in [9.17, 15) is 19.2 Å². The van der Waals surface area contributed by atoms with Crippen molar-refractivity contribution >= 4 is 23.8 Å². The number of amides is 4. The number of nitrogens with one attached hydrogen (secondary N) is 2. The van der Waals surface area contributed by atoms with Gasteiger partial charge in [0.05, 0.1) is 6.42 Å². The van der Waals surface area contributed by atoms with Gasteiger partial charge in [-0.05, 0) is 6.42 Å². The summed E-state index contributed by atoms with van der Waals surface area (Å²) >= 11 is 0. The molecule has 0 aromatic heterocycles. The van der Waals surface area contributed by atoms with Gasteiger partial charge in [0, 0.05) is 6.04 Å². The first-order chi connectivity index (χ1) is 8.42. The molecule has 0 spiro atoms. The highest BCUT2D eigenvalue weighted by atomic mass is 16.4. The smallest absolute Gasteiger partial charge is 0.318 e. The predicted molar refractivity (Wildman–Crippen MR) is 59.6 cm³/mol. The van der Waals surface area contributed by atoms with Gasteiger partial charge in [0.1, 0.15) is 13.1 Å². The third-order valence-corrected chi connectivity index (χ3v) is 2.48. The molecule has 1 atom stereocenters. The third kappa shape index (κ3) is 4.04. The standard InChI is InChI=1S/C10H15N3O5/c1-2-6(3-9(16)17)11-10(18)13-4-7(14)12-8(15)5-13/h6H,2-5H2,1H3,(H,11,18)(H,16,17)(H,12,14,15). The van der Waals surface area contributed by atoms with E-state index >= 15 is 0 Å². The first-order valence-corrected chi connectivity index (χ1v) is 5.52. The Kier molecular flexibility index (Phi) is 4.64. The van der Waals surface area contributed by atoms with Crippen LogP contribution in [-0.4, -0.2) is 53.0 Å². The van der Waals surface area contributed by atoms with E-state index in [2.05, 4.69) is 10.6 Å². The Balaban J connectivity index is 2.55. The van der Waals surface area contributed by atoms with Gasteiger partial charge in [-0.25, -0.2) is 4.79 Å². The van der Waals surface area contributed by atoms with Crippen molar-refractivity contribution in [3.05, 3.63) is 0 Å². The van der Waals surface area contributed by atoms with Crippen LogP contribution in [0.15, 0.2) is 0 Å². The fourth-order valence-electron chi connectivity index (χ4n) is 1.55. The average Bonchev–Trinajstić information content (AvgIpc) is 2.26. The molecule has 4 amide bonds. The average molecular weight is 257 g/mol. The molecule has 1 unspecified atom stereocenters. The second-order valence-corrected chi connectivity index (χ2v) is 3.98. The Bertz CT molecular complexity index is 366. The van der Waals surface area contributed by atoms with Gasteiger partial charge < -0.3 is 15.3 Å². The van der Waals surface area contributed by atoms with Crippen molar-refractivity contribution in [2.75, 3.05) is 13.1 Å². The molecular formula is C10H15N3O5. The summed E-state index contributed by atoms with van der Waals surface area (Å²) in [5.41, 5.74) is 0. The molecule has 8 heteroatoms. The number of carbonyl (C=O) groups is 4. The topological polar surface area (TPSA) is 116 Å². The van der Waals surface area contributed by atoms with Crippen LogP contribution in [0, 0.1) is 0 Å². The van der Waals surface area contributed by atoms with Crippen LogP contribution in [0.1, 0.15) is 19.8 Å². The number of nitrogens with zero attached hydrogens (tertiary/aromatic N) is 1. The highest BCUT2D eigenvalue weighted by Crippen LogP contribution is 2.01. The first-order valence-electron chi connectivity index (χ1n) is 5.52. The van der Waals surface area contributed by atoms with E-state index < -0.39 is 29.9 Å². The van der Waals surface area contributed by atoms with Crippen molar-refractivity contribution in [1.82, 2.24) is 15.5 Å². The van der Waals surface area contributed by atoms with Crippen LogP contribution in [-0.2, 0) is 14.4 Å². The van der Waals surface area contributed by atoms with Gasteiger partial charge in [-0.3, -0.25) is 19.7 Å². The number of piperazine rings is 1. The quantitative estimate of drug-likeness (QED) is 0.553. The van der Waals surface area contributed by atoms with Gasteiger partial charge in [0.15, 0.2) is 0 Å². The number of carbonyl (C=O) groups excluding carboxylic acids is 3. The van der Waals surface area contributed by atoms with Gasteiger partial charge in [0.25, 0.3) is 0 Å². The number of rotatable bonds is 4. The molecule has 8 nitrogen and oxygen atoms in total. The number of imide groups is 1. The number of aliphatic carboxylic acids is 1. The summed E-state index contributed by atoms with van der Waals surface area (Å²) in [6.45, 7) is 1.32. The van der Waals surface area contributed by atoms with Crippen LogP contribution >= 0.6 is 0 Å². The van der Waals surface area contributed by atoms with Crippen molar-refractivity contribution in [2.24, 2.45) is 0 Å². The summed E-state index contributed by atoms with van der Waals surface area (Å²) in [5.74, 6) is -2.12. The van der Waals surface area contributed by atoms with Crippen LogP contribution in [0.2, 0.25) is 0 Å². The lowest BCUT2D eigenvalue weighted by Gasteiger charge is -2.27. The highest BCUT2D eigenvalue weighted by molar-refractivity contribution is 6.02. The fourth-order valence-corrected chi connectivity index (χ4v) is 1.55. The molecule has 0 aliphatic carbocycles. The monoisotopic (exact) mass is 257 g/mol. The number of carboxylic acid groups (broad SMARTS) is 1. The van der Waals surface area contributed by atoms with E-state index in [4.69, 9.17) is 5.11 Å². The number of urea groups is 1. The molecule has 18 heavy (non-hydrogen) atoms. The van der Waals surface area contributed by atoms with Gasteiger partial charge in [0.2, 0.25) is 11.8 Å². The first kappa shape index (κ1) is 13.9. The fraction of sp³-hybridized carbons (Fsp3) is 0.600. The Morgan fingerprint density at radius 3 is 2.39 bits per heavy atom. The summed E-state index contributed by atoms with van der Waals surface area (Å²) in [7, 11) is 0. The maximum absolute atomic E-state index is 11.7. The molecule has 0 radical (unpaired) electrons. The Morgan fingerprint density at radius 2 is 1.94 bits per heavy atom. The molecule has 1 fully saturated rings. The summed E-state index contributed by atoms with van der Waals surface area (Å²) < 4.78 is 0. The molecule has 1 heterocycles. The molecule has 0 aromatic carbocycles. The van der Waals surface area contributed by atoms with Crippen molar-refractivity contribution < 1.29 is 24.3 Å². The minimum absolute atomic E-state index is 0.198. The van der Waals surface area contributed by atoms with Crippen LogP contribution in [0.5, 0.6) is 0 Å². The zero-order chi connectivity index (χ0) is 13.7. The molecular weight excluding hydrogens is 242 g/mol. The zero-order valence-electron chi connectivity index (χ0n) is 9.93. The second-order valence-electron chi connectivity index (χ2n) is 3.98. The molecule has 0 bridgehead atoms. The highest BCUT2D eigenvalue weighted by Gasteiger charge is 2.27. The van der Waals surface area contributed by atoms with E-state index in [1.54, 1.807) is 6.92 Å². The molecule has 1 aliphatic heterocycles. The summed E-state index contributed by atoms with van der Waals surface area (Å²) in [6, 6.07) is -1.12. The van der Waals surface area contributed by atoms with Gasteiger partial charge >= 0.3 is 12.0 Å². The van der Waals surface area contributed by atoms with E-state index in [0.717, 1.165) is 4.90 Å². The SMILES string of the molecule is CCC(CC(=O)O)NC(=O)N1CC(=O)NC(=O)C1. The number of hydrogen-bond donors (Lipinski definition) is 3. The lowest BCUT2D eigenvalue weighted by molar-refractivity contribution is -0.138. The van der Waals surface area contributed by atoms with Crippen molar-refractivity contribution in [1.29, 1.82) is 0 Å². The minimum atomic E-state index is -1.02. The largest absolute Gasteiger partial charge is 0.481 e. The molecule has 1 rings (SSSR count). The molecule has 0 aromatic rings. The summed E-state index contributed by atoms with van der Waals surface area (Å²) in [6.07, 6.45) is 0.252. The molecule has 0 saturated carbocycles. The lowest BCUT2D eigenvalue weighted by atomic mass is 10.1. The van der Waals surface area contributed by atoms with Gasteiger partial charge in [-0.1, -0.05) is 6.92 Å². The molecule has 1 aliphatic rings. The maximum atomic E-state index is 11.7. The Hall–Kier alpha value is -2.12. The maximum Gasteiger partial charge on any atom is 0.318 e. The number of hydrogen-bond acceptors (Lipinski definition) is 4. The van der Waals surface area contributed by atoms with E-state index in [-0.39, 0.29) is 19.5 Å². The Morgan fingerprint density at radius 1 is 1.39 bits per heavy atom. The van der Waals surface area contributed by atoms with Crippen LogP contribution in [0.25, 0.3) is 0 Å². The minimum Gasteiger partial charge on any atom is -0.481 e. The molecule has 100 valence electrons. The van der Waals surface area contributed by atoms with Crippen LogP contribution in [0.3, 0.4) is 0 Å². The van der Waals surface area contributed by atoms with Crippen LogP contribution in [0.4, 0.5) is 4.79 Å². The normalized spacial score (nSPS) is 17.1. The van der Waals surface area contributed by atoms with Gasteiger partial charge in [-0.15, -0.1) is 0 Å². The zero-order valence-corrected chi connectivity index (χ0v) is 9.93. The van der Waals surface area contributed by atoms with E-state index in [1.807, 2.05) is 0 Å². The number of carboxylic acids is 1. The lowest BCUT2D eigenvalue weighted by Crippen LogP contribution is -2.57. The molecule has 3 N–H and O–H groups in total. The van der Waals surface area contributed by atoms with Crippen LogP contribution < -0.4 is 10.6 Å². The van der Waals surface area contributed by atoms with Crippen molar-refractivity contribution in [3.63, 3.8) is 0 Å². The summed E-state index contributed by atoms with van der Waals surface area (Å²) in [4.78, 5) is 45.5.